The summed E-state index contributed by atoms with van der Waals surface area (Å²) in [6.45, 7) is 1.67. The van der Waals surface area contributed by atoms with Gasteiger partial charge in [-0.05, 0) is 6.92 Å². The Balaban J connectivity index is 0.00000169. The lowest BCUT2D eigenvalue weighted by Crippen LogP contribution is -2.13. The fourth-order valence-corrected chi connectivity index (χ4v) is 1.11. The van der Waals surface area contributed by atoms with Crippen molar-refractivity contribution in [3.63, 3.8) is 0 Å². The van der Waals surface area contributed by atoms with Crippen LogP contribution in [0.4, 0.5) is 0 Å². The molecule has 14 heavy (non-hydrogen) atoms. The Morgan fingerprint density at radius 2 is 2.36 bits per heavy atom. The zero-order valence-corrected chi connectivity index (χ0v) is 9.71. The Morgan fingerprint density at radius 1 is 1.64 bits per heavy atom. The number of halogens is 1. The lowest BCUT2D eigenvalue weighted by Gasteiger charge is -2.11. The number of nitrogens with zero attached hydrogens (tertiary/aromatic N) is 2. The van der Waals surface area contributed by atoms with Crippen LogP contribution in [0.15, 0.2) is 24.8 Å². The predicted octanol–water partition coefficient (Wildman–Crippen LogP) is 1.07. The molecule has 0 aliphatic rings. The minimum atomic E-state index is -0.700. The van der Waals surface area contributed by atoms with E-state index in [1.165, 1.54) is 0 Å². The second-order valence-electron chi connectivity index (χ2n) is 2.79. The minimum Gasteiger partial charge on any atom is -0.394 e. The molecule has 5 heteroatoms. The van der Waals surface area contributed by atoms with Gasteiger partial charge in [0, 0.05) is 24.5 Å². The quantitative estimate of drug-likeness (QED) is 0.854. The van der Waals surface area contributed by atoms with Gasteiger partial charge in [-0.2, -0.15) is 0 Å². The average Bonchev–Trinajstić information content (AvgIpc) is 2.66. The van der Waals surface area contributed by atoms with Crippen LogP contribution in [0.5, 0.6) is 0 Å². The van der Waals surface area contributed by atoms with E-state index in [9.17, 15) is 5.11 Å². The summed E-state index contributed by atoms with van der Waals surface area (Å²) in [6, 6.07) is 0. The second kappa shape index (κ2) is 6.75. The van der Waals surface area contributed by atoms with Crippen LogP contribution >= 0.6 is 17.0 Å². The molecule has 4 nitrogen and oxygen atoms in total. The smallest absolute Gasteiger partial charge is 0.0989 e. The van der Waals surface area contributed by atoms with Crippen molar-refractivity contribution in [2.24, 2.45) is 0 Å². The van der Waals surface area contributed by atoms with Crippen molar-refractivity contribution in [2.45, 2.75) is 19.4 Å². The molecule has 0 saturated heterocycles. The summed E-state index contributed by atoms with van der Waals surface area (Å²) in [5, 5.41) is 17.9. The molecule has 80 valence electrons. The van der Waals surface area contributed by atoms with Gasteiger partial charge in [-0.1, -0.05) is 6.08 Å². The van der Waals surface area contributed by atoms with E-state index >= 15 is 0 Å². The van der Waals surface area contributed by atoms with Crippen molar-refractivity contribution in [3.05, 3.63) is 24.8 Å². The average molecular weight is 263 g/mol. The fourth-order valence-electron chi connectivity index (χ4n) is 1.11. The number of aromatic nitrogens is 2. The van der Waals surface area contributed by atoms with Crippen LogP contribution in [-0.2, 0) is 0 Å². The number of hydrogen-bond acceptors (Lipinski definition) is 3. The molecule has 1 rings (SSSR count). The van der Waals surface area contributed by atoms with Crippen molar-refractivity contribution in [1.29, 1.82) is 0 Å². The molecule has 0 aromatic carbocycles. The van der Waals surface area contributed by atoms with Gasteiger partial charge in [0.05, 0.1) is 19.0 Å². The SMILES string of the molecule is Br.CC=C(CC(O)CO)n1ccnc1. The van der Waals surface area contributed by atoms with E-state index in [4.69, 9.17) is 5.11 Å². The summed E-state index contributed by atoms with van der Waals surface area (Å²) in [5.41, 5.74) is 0.930. The van der Waals surface area contributed by atoms with Gasteiger partial charge in [0.25, 0.3) is 0 Å². The second-order valence-corrected chi connectivity index (χ2v) is 2.79. The van der Waals surface area contributed by atoms with Crippen LogP contribution in [0.25, 0.3) is 5.70 Å². The lowest BCUT2D eigenvalue weighted by atomic mass is 10.2. The molecule has 0 saturated carbocycles. The van der Waals surface area contributed by atoms with E-state index in [2.05, 4.69) is 4.98 Å². The number of aliphatic hydroxyl groups excluding tert-OH is 2. The van der Waals surface area contributed by atoms with Crippen molar-refractivity contribution >= 4 is 22.7 Å². The Bertz CT molecular complexity index is 272. The van der Waals surface area contributed by atoms with Gasteiger partial charge in [-0.15, -0.1) is 17.0 Å². The van der Waals surface area contributed by atoms with Crippen molar-refractivity contribution in [3.8, 4) is 0 Å². The molecule has 0 aliphatic carbocycles. The standard InChI is InChI=1S/C9H14N2O2.BrH/c1-2-8(5-9(13)6-12)11-4-3-10-7-11;/h2-4,7,9,12-13H,5-6H2,1H3;1H. The highest BCUT2D eigenvalue weighted by Gasteiger charge is 2.06. The molecule has 1 aromatic heterocycles. The zero-order chi connectivity index (χ0) is 9.68. The molecule has 1 unspecified atom stereocenters. The van der Waals surface area contributed by atoms with Gasteiger partial charge in [0.1, 0.15) is 0 Å². The molecular weight excluding hydrogens is 248 g/mol. The molecule has 0 fully saturated rings. The number of rotatable bonds is 4. The van der Waals surface area contributed by atoms with Crippen LogP contribution in [0, 0.1) is 0 Å². The third-order valence-corrected chi connectivity index (χ3v) is 1.82. The summed E-state index contributed by atoms with van der Waals surface area (Å²) in [5.74, 6) is 0. The first-order valence-corrected chi connectivity index (χ1v) is 4.20. The van der Waals surface area contributed by atoms with Crippen molar-refractivity contribution < 1.29 is 10.2 Å². The molecule has 1 heterocycles. The first-order chi connectivity index (χ1) is 6.27. The molecule has 0 aliphatic heterocycles. The molecule has 0 amide bonds. The zero-order valence-electron chi connectivity index (χ0n) is 8.00. The van der Waals surface area contributed by atoms with Gasteiger partial charge >= 0.3 is 0 Å². The van der Waals surface area contributed by atoms with E-state index in [-0.39, 0.29) is 23.6 Å². The Labute approximate surface area is 93.7 Å². The molecule has 2 N–H and O–H groups in total. The van der Waals surface area contributed by atoms with Gasteiger partial charge in [0.15, 0.2) is 0 Å². The Kier molecular flexibility index (Phi) is 6.44. The van der Waals surface area contributed by atoms with Gasteiger partial charge in [-0.3, -0.25) is 0 Å². The van der Waals surface area contributed by atoms with Crippen molar-refractivity contribution in [1.82, 2.24) is 9.55 Å². The molecular formula is C9H15BrN2O2. The highest BCUT2D eigenvalue weighted by Crippen LogP contribution is 2.11. The van der Waals surface area contributed by atoms with Crippen LogP contribution in [0.1, 0.15) is 13.3 Å². The summed E-state index contributed by atoms with van der Waals surface area (Å²) < 4.78 is 1.82. The Morgan fingerprint density at radius 3 is 2.79 bits per heavy atom. The molecule has 1 atom stereocenters. The number of imidazole rings is 1. The third-order valence-electron chi connectivity index (χ3n) is 1.82. The first-order valence-electron chi connectivity index (χ1n) is 4.20. The monoisotopic (exact) mass is 262 g/mol. The number of aliphatic hydroxyl groups is 2. The van der Waals surface area contributed by atoms with E-state index in [1.807, 2.05) is 17.6 Å². The van der Waals surface area contributed by atoms with E-state index in [0.29, 0.717) is 6.42 Å². The number of hydrogen-bond donors (Lipinski definition) is 2. The summed E-state index contributed by atoms with van der Waals surface area (Å²) in [6.07, 6.45) is 6.77. The van der Waals surface area contributed by atoms with Crippen LogP contribution in [0.2, 0.25) is 0 Å². The molecule has 0 spiro atoms. The van der Waals surface area contributed by atoms with E-state index in [0.717, 1.165) is 5.70 Å². The largest absolute Gasteiger partial charge is 0.394 e. The molecule has 0 bridgehead atoms. The fraction of sp³-hybridized carbons (Fsp3) is 0.444. The van der Waals surface area contributed by atoms with Gasteiger partial charge in [-0.25, -0.2) is 4.98 Å². The highest BCUT2D eigenvalue weighted by molar-refractivity contribution is 8.93. The lowest BCUT2D eigenvalue weighted by molar-refractivity contribution is 0.0983. The van der Waals surface area contributed by atoms with Crippen LogP contribution in [-0.4, -0.2) is 32.5 Å². The highest BCUT2D eigenvalue weighted by atomic mass is 79.9. The van der Waals surface area contributed by atoms with Gasteiger partial charge in [0.2, 0.25) is 0 Å². The maximum atomic E-state index is 9.23. The normalized spacial score (nSPS) is 13.5. The molecule has 1 aromatic rings. The van der Waals surface area contributed by atoms with Crippen molar-refractivity contribution in [2.75, 3.05) is 6.61 Å². The van der Waals surface area contributed by atoms with E-state index in [1.54, 1.807) is 18.7 Å². The minimum absolute atomic E-state index is 0. The van der Waals surface area contributed by atoms with Crippen LogP contribution < -0.4 is 0 Å². The topological polar surface area (TPSA) is 58.3 Å². The summed E-state index contributed by atoms with van der Waals surface area (Å²) in [4.78, 5) is 3.90. The predicted molar refractivity (Wildman–Crippen MR) is 60.2 cm³/mol. The van der Waals surface area contributed by atoms with Gasteiger partial charge < -0.3 is 14.8 Å². The summed E-state index contributed by atoms with van der Waals surface area (Å²) >= 11 is 0. The van der Waals surface area contributed by atoms with Crippen LogP contribution in [0.3, 0.4) is 0 Å². The maximum Gasteiger partial charge on any atom is 0.0989 e. The third kappa shape index (κ3) is 3.61. The first kappa shape index (κ1) is 13.4. The van der Waals surface area contributed by atoms with E-state index < -0.39 is 6.10 Å². The Hall–Kier alpha value is -0.650. The molecule has 0 radical (unpaired) electrons. The number of allylic oxidation sites excluding steroid dienone is 1. The summed E-state index contributed by atoms with van der Waals surface area (Å²) in [7, 11) is 0. The maximum absolute atomic E-state index is 9.23.